The van der Waals surface area contributed by atoms with Crippen molar-refractivity contribution in [1.29, 1.82) is 0 Å². The lowest BCUT2D eigenvalue weighted by molar-refractivity contribution is -0.117. The van der Waals surface area contributed by atoms with E-state index in [4.69, 9.17) is 5.73 Å². The molecule has 0 spiro atoms. The van der Waals surface area contributed by atoms with Crippen LogP contribution in [0.5, 0.6) is 0 Å². The monoisotopic (exact) mass is 288 g/mol. The van der Waals surface area contributed by atoms with Crippen LogP contribution < -0.4 is 5.73 Å². The van der Waals surface area contributed by atoms with Crippen molar-refractivity contribution >= 4 is 5.91 Å². The Kier molecular flexibility index (Phi) is 4.52. The van der Waals surface area contributed by atoms with Crippen molar-refractivity contribution in [2.45, 2.75) is 33.1 Å². The number of aromatic nitrogens is 5. The minimum atomic E-state index is -0.436. The van der Waals surface area contributed by atoms with Crippen LogP contribution in [0.4, 0.5) is 0 Å². The largest absolute Gasteiger partial charge is 0.369 e. The summed E-state index contributed by atoms with van der Waals surface area (Å²) in [6, 6.07) is 0. The zero-order valence-electron chi connectivity index (χ0n) is 12.6. The summed E-state index contributed by atoms with van der Waals surface area (Å²) >= 11 is 0. The molecular formula is C14H20N6O. The number of amides is 1. The molecule has 21 heavy (non-hydrogen) atoms. The first-order valence-corrected chi connectivity index (χ1v) is 6.81. The number of carbonyl (C=O) groups is 1. The van der Waals surface area contributed by atoms with Gasteiger partial charge >= 0.3 is 0 Å². The van der Waals surface area contributed by atoms with Crippen LogP contribution in [-0.2, 0) is 24.7 Å². The van der Waals surface area contributed by atoms with Crippen molar-refractivity contribution < 1.29 is 4.79 Å². The van der Waals surface area contributed by atoms with Crippen molar-refractivity contribution in [3.8, 4) is 5.69 Å². The molecule has 0 saturated carbocycles. The Morgan fingerprint density at radius 3 is 2.76 bits per heavy atom. The van der Waals surface area contributed by atoms with E-state index in [9.17, 15) is 4.79 Å². The average molecular weight is 288 g/mol. The van der Waals surface area contributed by atoms with Gasteiger partial charge in [0.25, 0.3) is 0 Å². The van der Waals surface area contributed by atoms with E-state index in [2.05, 4.69) is 35.1 Å². The molecule has 0 atom stereocenters. The summed E-state index contributed by atoms with van der Waals surface area (Å²) in [5.41, 5.74) is 7.30. The highest BCUT2D eigenvalue weighted by Gasteiger charge is 2.13. The van der Waals surface area contributed by atoms with Gasteiger partial charge in [-0.25, -0.2) is 9.67 Å². The van der Waals surface area contributed by atoms with E-state index in [0.29, 0.717) is 5.82 Å². The number of carbonyl (C=O) groups excluding carboxylic acids is 1. The maximum absolute atomic E-state index is 11.0. The Labute approximate surface area is 123 Å². The van der Waals surface area contributed by atoms with Gasteiger partial charge in [-0.2, -0.15) is 10.2 Å². The van der Waals surface area contributed by atoms with E-state index in [1.807, 2.05) is 13.2 Å². The van der Waals surface area contributed by atoms with Gasteiger partial charge in [0.15, 0.2) is 5.82 Å². The van der Waals surface area contributed by atoms with Crippen molar-refractivity contribution in [2.75, 3.05) is 0 Å². The van der Waals surface area contributed by atoms with Gasteiger partial charge < -0.3 is 5.73 Å². The molecular weight excluding hydrogens is 268 g/mol. The van der Waals surface area contributed by atoms with Crippen LogP contribution in [0.3, 0.4) is 0 Å². The SMILES string of the molecule is CC(C)=CCCc1nc(CC(N)=O)nn1-c1cnn(C)c1. The summed E-state index contributed by atoms with van der Waals surface area (Å²) in [6.07, 6.45) is 7.38. The summed E-state index contributed by atoms with van der Waals surface area (Å²) in [5, 5.41) is 8.50. The van der Waals surface area contributed by atoms with Gasteiger partial charge in [-0.15, -0.1) is 0 Å². The van der Waals surface area contributed by atoms with Gasteiger partial charge in [0.05, 0.1) is 18.8 Å². The van der Waals surface area contributed by atoms with Crippen LogP contribution in [0.2, 0.25) is 0 Å². The number of hydrogen-bond acceptors (Lipinski definition) is 4. The second-order valence-corrected chi connectivity index (χ2v) is 5.19. The normalized spacial score (nSPS) is 10.6. The number of nitrogens with zero attached hydrogens (tertiary/aromatic N) is 5. The summed E-state index contributed by atoms with van der Waals surface area (Å²) in [6.45, 7) is 4.12. The number of nitrogens with two attached hydrogens (primary N) is 1. The summed E-state index contributed by atoms with van der Waals surface area (Å²) in [4.78, 5) is 15.5. The van der Waals surface area contributed by atoms with Crippen molar-refractivity contribution in [2.24, 2.45) is 12.8 Å². The molecule has 1 amide bonds. The van der Waals surface area contributed by atoms with Crippen molar-refractivity contribution in [3.63, 3.8) is 0 Å². The van der Waals surface area contributed by atoms with Crippen molar-refractivity contribution in [1.82, 2.24) is 24.5 Å². The van der Waals surface area contributed by atoms with E-state index in [1.54, 1.807) is 15.6 Å². The highest BCUT2D eigenvalue weighted by atomic mass is 16.1. The quantitative estimate of drug-likeness (QED) is 0.800. The molecule has 0 saturated heterocycles. The first-order chi connectivity index (χ1) is 9.95. The molecule has 7 heteroatoms. The molecule has 2 aromatic heterocycles. The number of rotatable bonds is 6. The summed E-state index contributed by atoms with van der Waals surface area (Å²) < 4.78 is 3.43. The lowest BCUT2D eigenvalue weighted by atomic mass is 10.2. The number of hydrogen-bond donors (Lipinski definition) is 1. The molecule has 0 unspecified atom stereocenters. The fraction of sp³-hybridized carbons (Fsp3) is 0.429. The lowest BCUT2D eigenvalue weighted by Crippen LogP contribution is -2.14. The number of aryl methyl sites for hydroxylation is 2. The Hall–Kier alpha value is -2.44. The van der Waals surface area contributed by atoms with E-state index >= 15 is 0 Å². The van der Waals surface area contributed by atoms with Crippen LogP contribution in [0, 0.1) is 0 Å². The Morgan fingerprint density at radius 1 is 1.43 bits per heavy atom. The van der Waals surface area contributed by atoms with Crippen LogP contribution in [-0.4, -0.2) is 30.5 Å². The topological polar surface area (TPSA) is 91.6 Å². The van der Waals surface area contributed by atoms with Crippen LogP contribution in [0.25, 0.3) is 5.69 Å². The van der Waals surface area contributed by atoms with Gasteiger partial charge in [0.1, 0.15) is 11.5 Å². The molecule has 0 aliphatic carbocycles. The molecule has 0 aliphatic rings. The minimum Gasteiger partial charge on any atom is -0.369 e. The maximum Gasteiger partial charge on any atom is 0.225 e. The predicted molar refractivity (Wildman–Crippen MR) is 78.8 cm³/mol. The average Bonchev–Trinajstić information content (AvgIpc) is 2.95. The second kappa shape index (κ2) is 6.34. The van der Waals surface area contributed by atoms with E-state index in [0.717, 1.165) is 24.4 Å². The molecule has 0 radical (unpaired) electrons. The van der Waals surface area contributed by atoms with E-state index in [1.165, 1.54) is 5.57 Å². The zero-order chi connectivity index (χ0) is 15.4. The van der Waals surface area contributed by atoms with Crippen LogP contribution in [0.15, 0.2) is 24.0 Å². The third-order valence-corrected chi connectivity index (χ3v) is 2.91. The van der Waals surface area contributed by atoms with Gasteiger partial charge in [-0.05, 0) is 20.3 Å². The van der Waals surface area contributed by atoms with Crippen LogP contribution >= 0.6 is 0 Å². The van der Waals surface area contributed by atoms with E-state index < -0.39 is 5.91 Å². The highest BCUT2D eigenvalue weighted by Crippen LogP contribution is 2.12. The first-order valence-electron chi connectivity index (χ1n) is 6.81. The first kappa shape index (κ1) is 15.0. The molecule has 2 aromatic rings. The van der Waals surface area contributed by atoms with Gasteiger partial charge in [-0.1, -0.05) is 11.6 Å². The highest BCUT2D eigenvalue weighted by molar-refractivity contribution is 5.75. The molecule has 0 aliphatic heterocycles. The second-order valence-electron chi connectivity index (χ2n) is 5.19. The summed E-state index contributed by atoms with van der Waals surface area (Å²) in [5.74, 6) is 0.810. The van der Waals surface area contributed by atoms with Crippen LogP contribution in [0.1, 0.15) is 31.9 Å². The number of allylic oxidation sites excluding steroid dienone is 2. The third kappa shape index (κ3) is 4.01. The van der Waals surface area contributed by atoms with Gasteiger partial charge in [-0.3, -0.25) is 9.48 Å². The fourth-order valence-corrected chi connectivity index (χ4v) is 2.00. The molecule has 0 aromatic carbocycles. The fourth-order valence-electron chi connectivity index (χ4n) is 2.00. The molecule has 0 bridgehead atoms. The molecule has 112 valence electrons. The predicted octanol–water partition coefficient (Wildman–Crippen LogP) is 0.927. The lowest BCUT2D eigenvalue weighted by Gasteiger charge is -2.01. The van der Waals surface area contributed by atoms with Crippen molar-refractivity contribution in [3.05, 3.63) is 35.7 Å². The van der Waals surface area contributed by atoms with E-state index in [-0.39, 0.29) is 6.42 Å². The molecule has 2 rings (SSSR count). The van der Waals surface area contributed by atoms with Gasteiger partial charge in [0.2, 0.25) is 5.91 Å². The smallest absolute Gasteiger partial charge is 0.225 e. The third-order valence-electron chi connectivity index (χ3n) is 2.91. The Morgan fingerprint density at radius 2 is 2.19 bits per heavy atom. The molecule has 2 heterocycles. The van der Waals surface area contributed by atoms with Gasteiger partial charge in [0, 0.05) is 13.5 Å². The summed E-state index contributed by atoms with van der Waals surface area (Å²) in [7, 11) is 1.84. The maximum atomic E-state index is 11.0. The zero-order valence-corrected chi connectivity index (χ0v) is 12.6. The molecule has 2 N–H and O–H groups in total. The minimum absolute atomic E-state index is 0.0446. The standard InChI is InChI=1S/C14H20N6O/c1-10(2)5-4-6-14-17-13(7-12(15)21)18-20(14)11-8-16-19(3)9-11/h5,8-9H,4,6-7H2,1-3H3,(H2,15,21). The number of primary amides is 1. The molecule has 7 nitrogen and oxygen atoms in total. The Bertz CT molecular complexity index is 663. The Balaban J connectivity index is 2.29. The molecule has 0 fully saturated rings.